The highest BCUT2D eigenvalue weighted by atomic mass is 16.6. The van der Waals surface area contributed by atoms with Gasteiger partial charge in [-0.3, -0.25) is 14.5 Å². The molecule has 2 atom stereocenters. The number of ketones is 1. The molecular weight excluding hydrogens is 422 g/mol. The van der Waals surface area contributed by atoms with Gasteiger partial charge in [0.1, 0.15) is 25.6 Å². The second-order valence-electron chi connectivity index (χ2n) is 8.23. The van der Waals surface area contributed by atoms with Crippen molar-refractivity contribution in [2.24, 2.45) is 0 Å². The molecule has 0 unspecified atom stereocenters. The zero-order valence-corrected chi connectivity index (χ0v) is 19.0. The monoisotopic (exact) mass is 453 g/mol. The number of likely N-dealkylation sites (tertiary alicyclic amines) is 1. The minimum Gasteiger partial charge on any atom is -0.460 e. The van der Waals surface area contributed by atoms with E-state index in [1.807, 2.05) is 65.6 Å². The van der Waals surface area contributed by atoms with Gasteiger partial charge >= 0.3 is 11.9 Å². The summed E-state index contributed by atoms with van der Waals surface area (Å²) in [5.41, 5.74) is 1.82. The van der Waals surface area contributed by atoms with Crippen molar-refractivity contribution in [1.29, 1.82) is 0 Å². The molecule has 0 aromatic heterocycles. The van der Waals surface area contributed by atoms with E-state index in [9.17, 15) is 14.4 Å². The fourth-order valence-electron chi connectivity index (χ4n) is 3.94. The van der Waals surface area contributed by atoms with Crippen molar-refractivity contribution in [3.8, 4) is 0 Å². The van der Waals surface area contributed by atoms with E-state index in [-0.39, 0.29) is 56.7 Å². The third-order valence-corrected chi connectivity index (χ3v) is 5.56. The summed E-state index contributed by atoms with van der Waals surface area (Å²) in [7, 11) is 0. The lowest BCUT2D eigenvalue weighted by Crippen LogP contribution is -2.52. The second kappa shape index (κ2) is 12.9. The van der Waals surface area contributed by atoms with Gasteiger partial charge in [-0.1, -0.05) is 60.7 Å². The molecule has 3 rings (SSSR count). The maximum atomic E-state index is 12.4. The van der Waals surface area contributed by atoms with E-state index in [1.165, 1.54) is 6.92 Å². The van der Waals surface area contributed by atoms with Crippen LogP contribution in [0.5, 0.6) is 0 Å². The molecule has 7 heteroatoms. The van der Waals surface area contributed by atoms with Gasteiger partial charge in [-0.2, -0.15) is 0 Å². The smallest absolute Gasteiger partial charge is 0.332 e. The Labute approximate surface area is 194 Å². The van der Waals surface area contributed by atoms with Gasteiger partial charge in [0.2, 0.25) is 0 Å². The molecule has 7 nitrogen and oxygen atoms in total. The third kappa shape index (κ3) is 8.44. The molecule has 0 bridgehead atoms. The summed E-state index contributed by atoms with van der Waals surface area (Å²) in [6.07, 6.45) is 1.41. The molecule has 1 aliphatic heterocycles. The van der Waals surface area contributed by atoms with Crippen molar-refractivity contribution in [2.45, 2.75) is 51.5 Å². The molecular formula is C26H31NO6. The number of esters is 2. The fraction of sp³-hybridized carbons (Fsp3) is 0.423. The first kappa shape index (κ1) is 24.6. The molecule has 0 radical (unpaired) electrons. The van der Waals surface area contributed by atoms with E-state index in [0.717, 1.165) is 17.5 Å². The lowest BCUT2D eigenvalue weighted by Gasteiger charge is -2.40. The average Bonchev–Trinajstić information content (AvgIpc) is 2.82. The SMILES string of the molecule is CC(=O)C[C@@H]1[C@@H](OCC(=O)OCc2ccccc2)CCCN1CC(=O)OCc1ccccc1. The Bertz CT molecular complexity index is 902. The van der Waals surface area contributed by atoms with Gasteiger partial charge in [0.05, 0.1) is 12.6 Å². The molecule has 2 aromatic carbocycles. The van der Waals surface area contributed by atoms with Crippen LogP contribution in [0.15, 0.2) is 60.7 Å². The quantitative estimate of drug-likeness (QED) is 0.483. The van der Waals surface area contributed by atoms with Crippen LogP contribution < -0.4 is 0 Å². The molecule has 0 spiro atoms. The van der Waals surface area contributed by atoms with E-state index in [2.05, 4.69) is 0 Å². The molecule has 0 amide bonds. The van der Waals surface area contributed by atoms with Crippen LogP contribution in [-0.2, 0) is 41.8 Å². The molecule has 0 N–H and O–H groups in total. The van der Waals surface area contributed by atoms with Crippen molar-refractivity contribution in [2.75, 3.05) is 19.7 Å². The summed E-state index contributed by atoms with van der Waals surface area (Å²) in [4.78, 5) is 38.4. The molecule has 33 heavy (non-hydrogen) atoms. The van der Waals surface area contributed by atoms with Crippen LogP contribution in [0.4, 0.5) is 0 Å². The summed E-state index contributed by atoms with van der Waals surface area (Å²) in [6.45, 7) is 2.45. The first-order valence-corrected chi connectivity index (χ1v) is 11.3. The van der Waals surface area contributed by atoms with Gasteiger partial charge in [-0.25, -0.2) is 4.79 Å². The summed E-state index contributed by atoms with van der Waals surface area (Å²) in [6, 6.07) is 18.6. The summed E-state index contributed by atoms with van der Waals surface area (Å²) >= 11 is 0. The van der Waals surface area contributed by atoms with Crippen LogP contribution in [0.2, 0.25) is 0 Å². The predicted octanol–water partition coefficient (Wildman–Crippen LogP) is 3.30. The van der Waals surface area contributed by atoms with E-state index in [1.54, 1.807) is 0 Å². The van der Waals surface area contributed by atoms with Gasteiger partial charge in [0.25, 0.3) is 0 Å². The maximum absolute atomic E-state index is 12.4. The van der Waals surface area contributed by atoms with Crippen LogP contribution in [-0.4, -0.2) is 54.5 Å². The zero-order chi connectivity index (χ0) is 23.5. The van der Waals surface area contributed by atoms with Crippen molar-refractivity contribution >= 4 is 17.7 Å². The summed E-state index contributed by atoms with van der Waals surface area (Å²) in [5.74, 6) is -0.806. The summed E-state index contributed by atoms with van der Waals surface area (Å²) in [5, 5.41) is 0. The number of hydrogen-bond acceptors (Lipinski definition) is 7. The molecule has 0 aliphatic carbocycles. The highest BCUT2D eigenvalue weighted by Gasteiger charge is 2.34. The molecule has 1 heterocycles. The Morgan fingerprint density at radius 2 is 1.45 bits per heavy atom. The fourth-order valence-corrected chi connectivity index (χ4v) is 3.94. The Morgan fingerprint density at radius 3 is 2.03 bits per heavy atom. The number of benzene rings is 2. The summed E-state index contributed by atoms with van der Waals surface area (Å²) < 4.78 is 16.6. The number of carbonyl (C=O) groups is 3. The van der Waals surface area contributed by atoms with Crippen molar-refractivity contribution in [3.63, 3.8) is 0 Å². The van der Waals surface area contributed by atoms with E-state index < -0.39 is 5.97 Å². The van der Waals surface area contributed by atoms with Gasteiger partial charge in [0.15, 0.2) is 0 Å². The van der Waals surface area contributed by atoms with Gasteiger partial charge in [-0.15, -0.1) is 0 Å². The van der Waals surface area contributed by atoms with Crippen LogP contribution in [0.1, 0.15) is 37.3 Å². The molecule has 0 saturated carbocycles. The maximum Gasteiger partial charge on any atom is 0.332 e. The Morgan fingerprint density at radius 1 is 0.879 bits per heavy atom. The molecule has 2 aromatic rings. The molecule has 1 fully saturated rings. The van der Waals surface area contributed by atoms with E-state index >= 15 is 0 Å². The largest absolute Gasteiger partial charge is 0.460 e. The van der Waals surface area contributed by atoms with Gasteiger partial charge in [0, 0.05) is 12.5 Å². The van der Waals surface area contributed by atoms with Gasteiger partial charge in [-0.05, 0) is 37.4 Å². The van der Waals surface area contributed by atoms with Crippen molar-refractivity contribution < 1.29 is 28.6 Å². The second-order valence-corrected chi connectivity index (χ2v) is 8.23. The number of hydrogen-bond donors (Lipinski definition) is 0. The van der Waals surface area contributed by atoms with E-state index in [0.29, 0.717) is 13.0 Å². The topological polar surface area (TPSA) is 82.1 Å². The Hall–Kier alpha value is -3.03. The normalized spacial score (nSPS) is 18.5. The van der Waals surface area contributed by atoms with Gasteiger partial charge < -0.3 is 14.2 Å². The Balaban J connectivity index is 1.50. The minimum absolute atomic E-state index is 0.00445. The Kier molecular flexibility index (Phi) is 9.59. The average molecular weight is 454 g/mol. The van der Waals surface area contributed by atoms with Crippen LogP contribution in [0, 0.1) is 0 Å². The molecule has 176 valence electrons. The minimum atomic E-state index is -0.458. The first-order valence-electron chi connectivity index (χ1n) is 11.3. The lowest BCUT2D eigenvalue weighted by molar-refractivity contribution is -0.158. The standard InChI is InChI=1S/C26H31NO6/c1-20(28)15-23-24(31-19-26(30)33-18-22-11-6-3-7-12-22)13-8-14-27(23)16-25(29)32-17-21-9-4-2-5-10-21/h2-7,9-12,23-24H,8,13-19H2,1H3/t23-,24+/m1/s1. The molecule has 1 saturated heterocycles. The van der Waals surface area contributed by atoms with Crippen LogP contribution in [0.3, 0.4) is 0 Å². The number of piperidine rings is 1. The highest BCUT2D eigenvalue weighted by Crippen LogP contribution is 2.23. The third-order valence-electron chi connectivity index (χ3n) is 5.56. The number of nitrogens with zero attached hydrogens (tertiary/aromatic N) is 1. The number of Topliss-reactive ketones (excluding diaryl/α,β-unsaturated/α-hetero) is 1. The first-order chi connectivity index (χ1) is 16.0. The predicted molar refractivity (Wildman–Crippen MR) is 122 cm³/mol. The number of rotatable bonds is 11. The van der Waals surface area contributed by atoms with Crippen molar-refractivity contribution in [3.05, 3.63) is 71.8 Å². The number of ether oxygens (including phenoxy) is 3. The lowest BCUT2D eigenvalue weighted by atomic mass is 9.94. The molecule has 1 aliphatic rings. The zero-order valence-electron chi connectivity index (χ0n) is 19.0. The van der Waals surface area contributed by atoms with Crippen molar-refractivity contribution in [1.82, 2.24) is 4.90 Å². The highest BCUT2D eigenvalue weighted by molar-refractivity contribution is 5.76. The van der Waals surface area contributed by atoms with Crippen LogP contribution in [0.25, 0.3) is 0 Å². The number of carbonyl (C=O) groups excluding carboxylic acids is 3. The van der Waals surface area contributed by atoms with E-state index in [4.69, 9.17) is 14.2 Å². The van der Waals surface area contributed by atoms with Crippen LogP contribution >= 0.6 is 0 Å².